The van der Waals surface area contributed by atoms with Crippen molar-refractivity contribution in [2.75, 3.05) is 5.32 Å². The number of carbonyl (C=O) groups excluding carboxylic acids is 3. The lowest BCUT2D eigenvalue weighted by Gasteiger charge is -2.28. The summed E-state index contributed by atoms with van der Waals surface area (Å²) in [6.45, 7) is 1.96. The summed E-state index contributed by atoms with van der Waals surface area (Å²) < 4.78 is 0. The van der Waals surface area contributed by atoms with Crippen molar-refractivity contribution in [2.45, 2.75) is 25.8 Å². The van der Waals surface area contributed by atoms with E-state index in [2.05, 4.69) is 17.5 Å². The molecule has 1 aliphatic heterocycles. The molecular weight excluding hydrogens is 376 g/mol. The molecule has 5 nitrogen and oxygen atoms in total. The van der Waals surface area contributed by atoms with Crippen LogP contribution >= 0.6 is 0 Å². The molecule has 152 valence electrons. The summed E-state index contributed by atoms with van der Waals surface area (Å²) in [5, 5.41) is 2.92. The molecule has 3 amide bonds. The Morgan fingerprint density at radius 1 is 1.00 bits per heavy atom. The topological polar surface area (TPSA) is 66.5 Å². The number of nitrogens with one attached hydrogen (secondary N) is 1. The van der Waals surface area contributed by atoms with Gasteiger partial charge in [-0.25, -0.2) is 0 Å². The van der Waals surface area contributed by atoms with Crippen LogP contribution in [0.1, 0.15) is 30.0 Å². The minimum Gasteiger partial charge on any atom is -0.326 e. The number of fused-ring (bicyclic) bond motifs is 5. The van der Waals surface area contributed by atoms with Gasteiger partial charge in [-0.15, -0.1) is 0 Å². The van der Waals surface area contributed by atoms with Gasteiger partial charge < -0.3 is 5.32 Å². The zero-order valence-corrected chi connectivity index (χ0v) is 16.8. The number of imide groups is 1. The molecule has 2 aromatic rings. The number of likely N-dealkylation sites (tertiary alicyclic amines) is 1. The third kappa shape index (κ3) is 3.05. The summed E-state index contributed by atoms with van der Waals surface area (Å²) in [4.78, 5) is 40.9. The summed E-state index contributed by atoms with van der Waals surface area (Å²) >= 11 is 0. The Morgan fingerprint density at radius 2 is 1.67 bits per heavy atom. The molecule has 5 unspecified atom stereocenters. The zero-order chi connectivity index (χ0) is 20.8. The fourth-order valence-electron chi connectivity index (χ4n) is 5.38. The Hall–Kier alpha value is -3.21. The lowest BCUT2D eigenvalue weighted by atomic mass is 9.85. The molecule has 1 N–H and O–H groups in total. The van der Waals surface area contributed by atoms with Gasteiger partial charge in [-0.05, 0) is 48.4 Å². The van der Waals surface area contributed by atoms with Crippen molar-refractivity contribution in [1.82, 2.24) is 4.90 Å². The molecule has 1 saturated carbocycles. The van der Waals surface area contributed by atoms with Crippen LogP contribution < -0.4 is 5.32 Å². The minimum absolute atomic E-state index is 0.0393. The molecule has 5 heteroatoms. The van der Waals surface area contributed by atoms with Crippen LogP contribution in [0.25, 0.3) is 0 Å². The van der Waals surface area contributed by atoms with Gasteiger partial charge in [0, 0.05) is 5.69 Å². The van der Waals surface area contributed by atoms with Crippen molar-refractivity contribution in [3.8, 4) is 0 Å². The summed E-state index contributed by atoms with van der Waals surface area (Å²) in [6.07, 6.45) is 5.10. The van der Waals surface area contributed by atoms with Gasteiger partial charge >= 0.3 is 0 Å². The van der Waals surface area contributed by atoms with Gasteiger partial charge in [-0.1, -0.05) is 54.6 Å². The highest BCUT2D eigenvalue weighted by molar-refractivity contribution is 6.07. The monoisotopic (exact) mass is 400 g/mol. The van der Waals surface area contributed by atoms with E-state index in [1.54, 1.807) is 0 Å². The second-order valence-corrected chi connectivity index (χ2v) is 8.59. The number of benzene rings is 2. The van der Waals surface area contributed by atoms with Crippen molar-refractivity contribution in [3.05, 3.63) is 77.9 Å². The highest BCUT2D eigenvalue weighted by Crippen LogP contribution is 2.54. The van der Waals surface area contributed by atoms with Gasteiger partial charge in [0.1, 0.15) is 0 Å². The number of allylic oxidation sites excluding steroid dienone is 2. The molecule has 0 radical (unpaired) electrons. The van der Waals surface area contributed by atoms with E-state index in [4.69, 9.17) is 0 Å². The molecule has 3 aliphatic rings. The van der Waals surface area contributed by atoms with E-state index in [-0.39, 0.29) is 47.8 Å². The highest BCUT2D eigenvalue weighted by atomic mass is 16.2. The summed E-state index contributed by atoms with van der Waals surface area (Å²) in [5.74, 6) is -0.693. The van der Waals surface area contributed by atoms with E-state index < -0.39 is 6.04 Å². The molecule has 0 aromatic heterocycles. The normalized spacial score (nSPS) is 27.4. The Morgan fingerprint density at radius 3 is 2.30 bits per heavy atom. The van der Waals surface area contributed by atoms with Crippen LogP contribution in [0, 0.1) is 30.6 Å². The Balaban J connectivity index is 1.43. The highest BCUT2D eigenvalue weighted by Gasteiger charge is 2.60. The number of hydrogen-bond donors (Lipinski definition) is 1. The molecule has 2 fully saturated rings. The van der Waals surface area contributed by atoms with Gasteiger partial charge in [-0.3, -0.25) is 19.3 Å². The molecule has 1 heterocycles. The SMILES string of the molecule is Cc1cccc(NC(=O)CC(c2ccccc2)N2C(=O)C3C4C=CC(C4)C3C2=O)c1. The minimum atomic E-state index is -0.596. The van der Waals surface area contributed by atoms with E-state index in [1.165, 1.54) is 4.90 Å². The zero-order valence-electron chi connectivity index (χ0n) is 16.8. The van der Waals surface area contributed by atoms with Gasteiger partial charge in [0.2, 0.25) is 17.7 Å². The molecule has 0 spiro atoms. The lowest BCUT2D eigenvalue weighted by molar-refractivity contribution is -0.144. The first-order chi connectivity index (χ1) is 14.5. The first-order valence-electron chi connectivity index (χ1n) is 10.5. The van der Waals surface area contributed by atoms with Crippen LogP contribution in [0.3, 0.4) is 0 Å². The summed E-state index contributed by atoms with van der Waals surface area (Å²) in [5.41, 5.74) is 2.57. The van der Waals surface area contributed by atoms with Crippen LogP contribution in [0.15, 0.2) is 66.7 Å². The number of nitrogens with zero attached hydrogens (tertiary/aromatic N) is 1. The van der Waals surface area contributed by atoms with Crippen molar-refractivity contribution < 1.29 is 14.4 Å². The van der Waals surface area contributed by atoms with Crippen LogP contribution in [0.5, 0.6) is 0 Å². The second-order valence-electron chi connectivity index (χ2n) is 8.59. The van der Waals surface area contributed by atoms with Crippen molar-refractivity contribution in [2.24, 2.45) is 23.7 Å². The van der Waals surface area contributed by atoms with Gasteiger partial charge in [0.15, 0.2) is 0 Å². The second kappa shape index (κ2) is 7.24. The predicted octanol–water partition coefficient (Wildman–Crippen LogP) is 3.87. The molecular formula is C25H24N2O3. The van der Waals surface area contributed by atoms with E-state index in [1.807, 2.05) is 61.5 Å². The van der Waals surface area contributed by atoms with E-state index in [0.29, 0.717) is 5.69 Å². The summed E-state index contributed by atoms with van der Waals surface area (Å²) in [7, 11) is 0. The Bertz CT molecular complexity index is 1020. The molecule has 2 bridgehead atoms. The average molecular weight is 400 g/mol. The molecule has 1 saturated heterocycles. The van der Waals surface area contributed by atoms with Crippen LogP contribution in [-0.4, -0.2) is 22.6 Å². The van der Waals surface area contributed by atoms with E-state index >= 15 is 0 Å². The molecule has 30 heavy (non-hydrogen) atoms. The van der Waals surface area contributed by atoms with Crippen LogP contribution in [0.4, 0.5) is 5.69 Å². The molecule has 5 rings (SSSR count). The Labute approximate surface area is 175 Å². The first kappa shape index (κ1) is 18.8. The number of carbonyl (C=O) groups is 3. The number of rotatable bonds is 5. The maximum Gasteiger partial charge on any atom is 0.234 e. The quantitative estimate of drug-likeness (QED) is 0.612. The average Bonchev–Trinajstić information content (AvgIpc) is 3.41. The molecule has 2 aromatic carbocycles. The van der Waals surface area contributed by atoms with Gasteiger partial charge in [-0.2, -0.15) is 0 Å². The van der Waals surface area contributed by atoms with E-state index in [9.17, 15) is 14.4 Å². The van der Waals surface area contributed by atoms with Crippen molar-refractivity contribution in [3.63, 3.8) is 0 Å². The Kier molecular flexibility index (Phi) is 4.54. The third-order valence-corrected chi connectivity index (χ3v) is 6.68. The number of anilines is 1. The van der Waals surface area contributed by atoms with Crippen LogP contribution in [0.2, 0.25) is 0 Å². The molecule has 5 atom stereocenters. The first-order valence-corrected chi connectivity index (χ1v) is 10.5. The maximum atomic E-state index is 13.3. The maximum absolute atomic E-state index is 13.3. The third-order valence-electron chi connectivity index (χ3n) is 6.68. The van der Waals surface area contributed by atoms with Crippen molar-refractivity contribution in [1.29, 1.82) is 0 Å². The standard InChI is InChI=1S/C25H24N2O3/c1-15-6-5-9-19(12-15)26-21(28)14-20(16-7-3-2-4-8-16)27-24(29)22-17-10-11-18(13-17)23(22)25(27)30/h2-12,17-18,20,22-23H,13-14H2,1H3,(H,26,28). The fourth-order valence-corrected chi connectivity index (χ4v) is 5.38. The summed E-state index contributed by atoms with van der Waals surface area (Å²) in [6, 6.07) is 16.4. The van der Waals surface area contributed by atoms with Gasteiger partial charge in [0.25, 0.3) is 0 Å². The van der Waals surface area contributed by atoms with Crippen molar-refractivity contribution >= 4 is 23.4 Å². The molecule has 2 aliphatic carbocycles. The van der Waals surface area contributed by atoms with Crippen LogP contribution in [-0.2, 0) is 14.4 Å². The van der Waals surface area contributed by atoms with Gasteiger partial charge in [0.05, 0.1) is 24.3 Å². The smallest absolute Gasteiger partial charge is 0.234 e. The number of amides is 3. The number of hydrogen-bond acceptors (Lipinski definition) is 3. The fraction of sp³-hybridized carbons (Fsp3) is 0.320. The largest absolute Gasteiger partial charge is 0.326 e. The predicted molar refractivity (Wildman–Crippen MR) is 113 cm³/mol. The number of aryl methyl sites for hydroxylation is 1. The lowest BCUT2D eigenvalue weighted by Crippen LogP contribution is -2.38. The van der Waals surface area contributed by atoms with E-state index in [0.717, 1.165) is 17.5 Å².